The first-order valence-electron chi connectivity index (χ1n) is 23.4. The van der Waals surface area contributed by atoms with Crippen molar-refractivity contribution in [1.29, 1.82) is 0 Å². The van der Waals surface area contributed by atoms with Crippen molar-refractivity contribution < 1.29 is 65.7 Å². The first-order chi connectivity index (χ1) is 33.0. The van der Waals surface area contributed by atoms with E-state index in [0.29, 0.717) is 19.3 Å². The third kappa shape index (κ3) is 24.2. The van der Waals surface area contributed by atoms with Crippen LogP contribution in [0.1, 0.15) is 130 Å². The summed E-state index contributed by atoms with van der Waals surface area (Å²) in [6, 6.07) is 14.0. The molecule has 0 bridgehead atoms. The number of carbonyl (C=O) groups is 4. The highest BCUT2D eigenvalue weighted by molar-refractivity contribution is 7.49. The molecule has 3 rings (SSSR count). The van der Waals surface area contributed by atoms with E-state index in [1.807, 2.05) is 0 Å². The third-order valence-electron chi connectivity index (χ3n) is 10.7. The summed E-state index contributed by atoms with van der Waals surface area (Å²) in [5, 5.41) is 2.45. The van der Waals surface area contributed by atoms with Crippen molar-refractivity contribution in [3.8, 4) is 11.5 Å². The van der Waals surface area contributed by atoms with Crippen molar-refractivity contribution >= 4 is 113 Å². The van der Waals surface area contributed by atoms with Gasteiger partial charge in [0.2, 0.25) is 7.59 Å². The molecule has 2 aromatic rings. The van der Waals surface area contributed by atoms with Crippen LogP contribution in [0.25, 0.3) is 0 Å². The Morgan fingerprint density at radius 2 is 1.24 bits per heavy atom. The van der Waals surface area contributed by atoms with E-state index in [-0.39, 0.29) is 17.9 Å². The second-order valence-corrected chi connectivity index (χ2v) is 23.8. The summed E-state index contributed by atoms with van der Waals surface area (Å²) in [6.45, 7) is 5.32. The minimum atomic E-state index is -4.97. The topological polar surface area (TPSA) is 180 Å². The predicted molar refractivity (Wildman–Crippen MR) is 271 cm³/mol. The van der Waals surface area contributed by atoms with Crippen molar-refractivity contribution in [2.45, 2.75) is 180 Å². The zero-order valence-corrected chi connectivity index (χ0v) is 46.0. The number of carbonyl (C=O) groups excluding carboxylic acids is 4. The Hall–Kier alpha value is -2.30. The molecular formula is C47H65Cl7NO14P. The molecule has 23 heteroatoms. The fourth-order valence-corrected chi connectivity index (χ4v) is 8.91. The van der Waals surface area contributed by atoms with Crippen molar-refractivity contribution in [2.24, 2.45) is 0 Å². The van der Waals surface area contributed by atoms with Crippen LogP contribution in [0.15, 0.2) is 60.7 Å². The molecule has 1 aliphatic rings. The third-order valence-corrected chi connectivity index (χ3v) is 14.1. The van der Waals surface area contributed by atoms with Crippen LogP contribution < -0.4 is 14.4 Å². The van der Waals surface area contributed by atoms with Gasteiger partial charge in [0, 0.05) is 6.42 Å². The van der Waals surface area contributed by atoms with E-state index >= 15 is 4.57 Å². The molecule has 0 saturated carbocycles. The number of amides is 1. The van der Waals surface area contributed by atoms with Crippen LogP contribution in [-0.2, 0) is 47.1 Å². The molecule has 0 aliphatic carbocycles. The molecule has 70 heavy (non-hydrogen) atoms. The van der Waals surface area contributed by atoms with Gasteiger partial charge in [-0.3, -0.25) is 14.1 Å². The summed E-state index contributed by atoms with van der Waals surface area (Å²) in [6.07, 6.45) is 3.92. The van der Waals surface area contributed by atoms with Gasteiger partial charge in [-0.2, -0.15) is 0 Å². The van der Waals surface area contributed by atoms with Gasteiger partial charge in [0.1, 0.15) is 49.1 Å². The smallest absolute Gasteiger partial charge is 0.462 e. The zero-order chi connectivity index (χ0) is 51.8. The lowest BCUT2D eigenvalue weighted by Gasteiger charge is -2.44. The molecule has 1 saturated heterocycles. The Morgan fingerprint density at radius 3 is 1.77 bits per heavy atom. The van der Waals surface area contributed by atoms with E-state index in [2.05, 4.69) is 19.2 Å². The van der Waals surface area contributed by atoms with E-state index in [4.69, 9.17) is 123 Å². The molecule has 0 spiro atoms. The minimum absolute atomic E-state index is 0.0216. The maximum absolute atomic E-state index is 15.1. The molecule has 1 aliphatic heterocycles. The lowest BCUT2D eigenvalue weighted by Crippen LogP contribution is -2.65. The van der Waals surface area contributed by atoms with E-state index < -0.39 is 101 Å². The summed E-state index contributed by atoms with van der Waals surface area (Å²) < 4.78 is 62.9. The lowest BCUT2D eigenvalue weighted by atomic mass is 9.97. The molecule has 0 unspecified atom stereocenters. The second kappa shape index (κ2) is 31.4. The summed E-state index contributed by atoms with van der Waals surface area (Å²) in [5.41, 5.74) is -3.37. The van der Waals surface area contributed by atoms with Gasteiger partial charge in [-0.15, -0.1) is 0 Å². The van der Waals surface area contributed by atoms with Crippen LogP contribution in [0.5, 0.6) is 11.5 Å². The van der Waals surface area contributed by atoms with Crippen LogP contribution in [0.2, 0.25) is 0 Å². The molecule has 0 aromatic heterocycles. The largest absolute Gasteiger partial charge is 0.588 e. The Kier molecular flexibility index (Phi) is 27.8. The summed E-state index contributed by atoms with van der Waals surface area (Å²) in [5.74, 6) is -1.40. The van der Waals surface area contributed by atoms with Crippen molar-refractivity contribution in [1.82, 2.24) is 5.32 Å². The van der Waals surface area contributed by atoms with Gasteiger partial charge in [-0.05, 0) is 57.4 Å². The van der Waals surface area contributed by atoms with Gasteiger partial charge in [0.15, 0.2) is 17.3 Å². The fourth-order valence-electron chi connectivity index (χ4n) is 6.86. The number of rotatable bonds is 30. The zero-order valence-electron chi connectivity index (χ0n) is 39.8. The number of hydrogen-bond donors (Lipinski definition) is 1. The van der Waals surface area contributed by atoms with E-state index in [1.165, 1.54) is 51.0 Å². The number of para-hydroxylation sites is 2. The summed E-state index contributed by atoms with van der Waals surface area (Å²) >= 11 is 42.5. The van der Waals surface area contributed by atoms with Crippen LogP contribution in [-0.4, -0.2) is 86.6 Å². The quantitative estimate of drug-likeness (QED) is 0.0256. The molecule has 1 N–H and O–H groups in total. The van der Waals surface area contributed by atoms with E-state index in [0.717, 1.165) is 57.8 Å². The molecule has 2 aromatic carbocycles. The maximum Gasteiger partial charge on any atom is 0.588 e. The molecule has 396 valence electrons. The first-order valence-corrected chi connectivity index (χ1v) is 27.6. The van der Waals surface area contributed by atoms with E-state index in [1.54, 1.807) is 36.4 Å². The molecule has 15 nitrogen and oxygen atoms in total. The number of unbranched alkanes of at least 4 members (excludes halogenated alkanes) is 11. The number of phosphoric acid groups is 1. The summed E-state index contributed by atoms with van der Waals surface area (Å²) in [7, 11) is -4.97. The predicted octanol–water partition coefficient (Wildman–Crippen LogP) is 14.5. The highest BCUT2D eigenvalue weighted by Gasteiger charge is 2.54. The number of esters is 2. The number of hydrogen-bond acceptors (Lipinski definition) is 14. The molecule has 6 atom stereocenters. The van der Waals surface area contributed by atoms with Gasteiger partial charge < -0.3 is 42.8 Å². The van der Waals surface area contributed by atoms with Crippen LogP contribution >= 0.6 is 89.0 Å². The molecular weight excluding hydrogens is 1080 g/mol. The first kappa shape index (κ1) is 62.0. The Labute approximate surface area is 446 Å². The number of benzene rings is 2. The Balaban J connectivity index is 2.07. The fraction of sp³-hybridized carbons (Fsp3) is 0.660. The minimum Gasteiger partial charge on any atom is -0.462 e. The molecule has 1 fully saturated rings. The van der Waals surface area contributed by atoms with E-state index in [9.17, 15) is 19.2 Å². The Bertz CT molecular complexity index is 1870. The average Bonchev–Trinajstić information content (AvgIpc) is 3.27. The summed E-state index contributed by atoms with van der Waals surface area (Å²) in [4.78, 5) is 54.0. The standard InChI is InChI=1S/C47H65Cl7NO14P/c1-5-7-9-11-12-13-14-15-18-28-35(63-37(56)29-23-10-8-6-2)30-38(57)65-41-39(55-43(58)62-32-46(49,50)51)42(48)64-36(31-61-44(59)66-45(3,4)47(52,53)54)40(41)69-70(60,67-33-24-19-16-20-25-33)68-34-26-21-17-22-27-34/h16-17,19-22,24-27,35-36,39-42H,5-15,18,23,28-32H2,1-4H3,(H,55,58)/t35-,36-,39-,40-,41-,42+/m1/s1. The monoisotopic (exact) mass is 1140 g/mol. The van der Waals surface area contributed by atoms with Crippen molar-refractivity contribution in [3.05, 3.63) is 60.7 Å². The Morgan fingerprint density at radius 1 is 0.714 bits per heavy atom. The molecule has 1 heterocycles. The van der Waals surface area contributed by atoms with Gasteiger partial charge in [0.25, 0.3) is 0 Å². The van der Waals surface area contributed by atoms with Gasteiger partial charge >= 0.3 is 32.0 Å². The van der Waals surface area contributed by atoms with Crippen LogP contribution in [0.4, 0.5) is 9.59 Å². The van der Waals surface area contributed by atoms with Crippen molar-refractivity contribution in [3.63, 3.8) is 0 Å². The van der Waals surface area contributed by atoms with Gasteiger partial charge in [0.05, 0.1) is 6.42 Å². The number of ether oxygens (including phenoxy) is 6. The number of phosphoric ester groups is 1. The normalized spacial score (nSPS) is 19.0. The van der Waals surface area contributed by atoms with Crippen molar-refractivity contribution in [2.75, 3.05) is 13.2 Å². The average molecular weight is 1150 g/mol. The maximum atomic E-state index is 15.1. The second-order valence-electron chi connectivity index (χ2n) is 17.1. The number of alkyl carbamates (subject to hydrolysis) is 1. The van der Waals surface area contributed by atoms with Crippen LogP contribution in [0.3, 0.4) is 0 Å². The van der Waals surface area contributed by atoms with Gasteiger partial charge in [-0.1, -0.05) is 202 Å². The number of alkyl halides is 7. The SMILES string of the molecule is CCCCCCCCCCC[C@H](CC(=O)O[C@@H]1[C@@H](NC(=O)OCC(Cl)(Cl)Cl)[C@@H](Cl)O[C@H](COC(=O)OC(C)(C)C(Cl)(Cl)Cl)[C@H]1OP(=O)(Oc1ccccc1)Oc1ccccc1)OC(=O)CCCCCC. The number of nitrogens with one attached hydrogen (secondary N) is 1. The highest BCUT2D eigenvalue weighted by Crippen LogP contribution is 2.53. The highest BCUT2D eigenvalue weighted by atomic mass is 35.6. The molecule has 0 radical (unpaired) electrons. The lowest BCUT2D eigenvalue weighted by molar-refractivity contribution is -0.196. The van der Waals surface area contributed by atoms with Gasteiger partial charge in [-0.25, -0.2) is 14.2 Å². The molecule has 1 amide bonds. The van der Waals surface area contributed by atoms with Crippen LogP contribution in [0, 0.1) is 0 Å². The number of halogens is 7.